The van der Waals surface area contributed by atoms with Crippen molar-refractivity contribution in [2.45, 2.75) is 26.4 Å². The topological polar surface area (TPSA) is 121 Å². The van der Waals surface area contributed by atoms with Gasteiger partial charge < -0.3 is 19.2 Å². The standard InChI is InChI=1S/C21H15BrF3N5O5/c1-10(33-11(2)31)30-28-19(27-29-30)18-7-12-3-4-13(8-17(12)34-18)20(32)26-14-5-6-16(15(22)9-14)35-21(23,24)25/h3-10H,1-2H3,(H,26,32). The number of rotatable bonds is 6. The number of alkyl halides is 3. The summed E-state index contributed by atoms with van der Waals surface area (Å²) in [7, 11) is 0. The minimum absolute atomic E-state index is 0.0160. The summed E-state index contributed by atoms with van der Waals surface area (Å²) in [5.74, 6) is -1.02. The first-order chi connectivity index (χ1) is 16.5. The van der Waals surface area contributed by atoms with Crippen LogP contribution in [0.25, 0.3) is 22.6 Å². The Kier molecular flexibility index (Phi) is 6.47. The second kappa shape index (κ2) is 9.37. The van der Waals surface area contributed by atoms with Gasteiger partial charge in [0.15, 0.2) is 5.76 Å². The lowest BCUT2D eigenvalue weighted by Gasteiger charge is -2.12. The maximum absolute atomic E-state index is 12.7. The van der Waals surface area contributed by atoms with Gasteiger partial charge in [-0.1, -0.05) is 6.07 Å². The van der Waals surface area contributed by atoms with E-state index in [9.17, 15) is 22.8 Å². The number of ether oxygens (including phenoxy) is 2. The summed E-state index contributed by atoms with van der Waals surface area (Å²) in [5, 5.41) is 15.1. The van der Waals surface area contributed by atoms with Crippen LogP contribution in [0.2, 0.25) is 0 Å². The van der Waals surface area contributed by atoms with E-state index in [2.05, 4.69) is 41.4 Å². The second-order valence-electron chi connectivity index (χ2n) is 7.15. The number of aromatic nitrogens is 4. The van der Waals surface area contributed by atoms with E-state index in [-0.39, 0.29) is 27.3 Å². The third-order valence-corrected chi connectivity index (χ3v) is 5.13. The number of carbonyl (C=O) groups excluding carboxylic acids is 2. The monoisotopic (exact) mass is 553 g/mol. The van der Waals surface area contributed by atoms with E-state index in [1.165, 1.54) is 25.1 Å². The maximum Gasteiger partial charge on any atom is 0.573 e. The predicted molar refractivity (Wildman–Crippen MR) is 118 cm³/mol. The van der Waals surface area contributed by atoms with Crippen LogP contribution < -0.4 is 10.1 Å². The van der Waals surface area contributed by atoms with Gasteiger partial charge in [-0.05, 0) is 64.5 Å². The molecule has 1 N–H and O–H groups in total. The van der Waals surface area contributed by atoms with Gasteiger partial charge in [0.25, 0.3) is 5.91 Å². The average Bonchev–Trinajstić information content (AvgIpc) is 3.41. The summed E-state index contributed by atoms with van der Waals surface area (Å²) >= 11 is 2.99. The molecule has 2 aromatic heterocycles. The highest BCUT2D eigenvalue weighted by atomic mass is 79.9. The van der Waals surface area contributed by atoms with E-state index in [0.29, 0.717) is 11.0 Å². The van der Waals surface area contributed by atoms with Crippen molar-refractivity contribution in [3.05, 3.63) is 52.5 Å². The van der Waals surface area contributed by atoms with Gasteiger partial charge in [-0.25, -0.2) is 0 Å². The summed E-state index contributed by atoms with van der Waals surface area (Å²) in [6, 6.07) is 10.0. The Morgan fingerprint density at radius 3 is 2.63 bits per heavy atom. The van der Waals surface area contributed by atoms with Crippen molar-refractivity contribution in [1.82, 2.24) is 20.2 Å². The van der Waals surface area contributed by atoms with Gasteiger partial charge in [0, 0.05) is 23.6 Å². The Morgan fingerprint density at radius 1 is 1.17 bits per heavy atom. The highest BCUT2D eigenvalue weighted by Crippen LogP contribution is 2.33. The normalized spacial score (nSPS) is 12.4. The minimum atomic E-state index is -4.84. The van der Waals surface area contributed by atoms with Gasteiger partial charge in [-0.2, -0.15) is 0 Å². The van der Waals surface area contributed by atoms with Crippen LogP contribution >= 0.6 is 15.9 Å². The van der Waals surface area contributed by atoms with Crippen molar-refractivity contribution in [2.24, 2.45) is 0 Å². The van der Waals surface area contributed by atoms with Crippen molar-refractivity contribution in [2.75, 3.05) is 5.32 Å². The van der Waals surface area contributed by atoms with Gasteiger partial charge in [0.05, 0.1) is 4.47 Å². The van der Waals surface area contributed by atoms with E-state index in [0.717, 1.165) is 10.9 Å². The number of anilines is 1. The number of hydrogen-bond acceptors (Lipinski definition) is 8. The van der Waals surface area contributed by atoms with E-state index in [1.54, 1.807) is 25.1 Å². The molecule has 35 heavy (non-hydrogen) atoms. The molecule has 4 rings (SSSR count). The molecule has 14 heteroatoms. The van der Waals surface area contributed by atoms with Crippen LogP contribution in [0.3, 0.4) is 0 Å². The third kappa shape index (κ3) is 5.77. The Morgan fingerprint density at radius 2 is 1.94 bits per heavy atom. The van der Waals surface area contributed by atoms with Crippen molar-refractivity contribution in [3.63, 3.8) is 0 Å². The van der Waals surface area contributed by atoms with Crippen LogP contribution in [0.15, 0.2) is 51.4 Å². The smallest absolute Gasteiger partial charge is 0.453 e. The molecule has 0 fully saturated rings. The van der Waals surface area contributed by atoms with Crippen molar-refractivity contribution in [1.29, 1.82) is 0 Å². The number of hydrogen-bond donors (Lipinski definition) is 1. The van der Waals surface area contributed by atoms with Crippen LogP contribution in [0.1, 0.15) is 30.4 Å². The third-order valence-electron chi connectivity index (χ3n) is 4.51. The molecule has 2 aromatic carbocycles. The molecule has 0 bridgehead atoms. The van der Waals surface area contributed by atoms with Gasteiger partial charge >= 0.3 is 12.3 Å². The van der Waals surface area contributed by atoms with Crippen molar-refractivity contribution < 1.29 is 36.7 Å². The molecule has 1 atom stereocenters. The fraction of sp³-hybridized carbons (Fsp3) is 0.190. The molecule has 1 amide bonds. The zero-order chi connectivity index (χ0) is 25.3. The second-order valence-corrected chi connectivity index (χ2v) is 8.01. The highest BCUT2D eigenvalue weighted by molar-refractivity contribution is 9.10. The number of halogens is 4. The first kappa shape index (κ1) is 24.2. The average molecular weight is 554 g/mol. The summed E-state index contributed by atoms with van der Waals surface area (Å²) < 4.78 is 51.9. The molecule has 0 spiro atoms. The number of amides is 1. The molecule has 2 heterocycles. The zero-order valence-electron chi connectivity index (χ0n) is 18.0. The van der Waals surface area contributed by atoms with E-state index >= 15 is 0 Å². The lowest BCUT2D eigenvalue weighted by Crippen LogP contribution is -2.17. The predicted octanol–water partition coefficient (Wildman–Crippen LogP) is 5.08. The first-order valence-electron chi connectivity index (χ1n) is 9.86. The highest BCUT2D eigenvalue weighted by Gasteiger charge is 2.32. The Bertz CT molecular complexity index is 1420. The lowest BCUT2D eigenvalue weighted by molar-refractivity contribution is -0.274. The molecule has 0 saturated heterocycles. The molecule has 0 radical (unpaired) electrons. The summed E-state index contributed by atoms with van der Waals surface area (Å²) in [6.07, 6.45) is -5.60. The molecular formula is C21H15BrF3N5O5. The maximum atomic E-state index is 12.7. The van der Waals surface area contributed by atoms with Crippen LogP contribution in [0.4, 0.5) is 18.9 Å². The van der Waals surface area contributed by atoms with E-state index in [1.807, 2.05) is 0 Å². The fourth-order valence-corrected chi connectivity index (χ4v) is 3.50. The molecule has 1 unspecified atom stereocenters. The fourth-order valence-electron chi connectivity index (χ4n) is 3.04. The van der Waals surface area contributed by atoms with Crippen LogP contribution in [-0.4, -0.2) is 38.4 Å². The number of tetrazole rings is 1. The molecule has 0 saturated carbocycles. The minimum Gasteiger partial charge on any atom is -0.453 e. The van der Waals surface area contributed by atoms with Crippen LogP contribution in [-0.2, 0) is 9.53 Å². The van der Waals surface area contributed by atoms with Gasteiger partial charge in [0.2, 0.25) is 12.1 Å². The number of nitrogens with one attached hydrogen (secondary N) is 1. The Labute approximate surface area is 203 Å². The molecule has 0 aliphatic heterocycles. The molecule has 0 aliphatic carbocycles. The summed E-state index contributed by atoms with van der Waals surface area (Å²) in [5.41, 5.74) is 0.858. The summed E-state index contributed by atoms with van der Waals surface area (Å²) in [6.45, 7) is 2.84. The van der Waals surface area contributed by atoms with Crippen molar-refractivity contribution >= 4 is 44.5 Å². The number of carbonyl (C=O) groups is 2. The number of fused-ring (bicyclic) bond motifs is 1. The van der Waals surface area contributed by atoms with Gasteiger partial charge in [0.1, 0.15) is 11.3 Å². The Balaban J connectivity index is 1.50. The number of benzene rings is 2. The first-order valence-corrected chi connectivity index (χ1v) is 10.6. The Hall–Kier alpha value is -3.94. The number of nitrogens with zero attached hydrogens (tertiary/aromatic N) is 4. The SMILES string of the molecule is CC(=O)OC(C)n1nnc(-c2cc3ccc(C(=O)Nc4ccc(OC(F)(F)F)c(Br)c4)cc3o2)n1. The van der Waals surface area contributed by atoms with Gasteiger partial charge in [-0.3, -0.25) is 9.59 Å². The van der Waals surface area contributed by atoms with Crippen LogP contribution in [0.5, 0.6) is 5.75 Å². The summed E-state index contributed by atoms with van der Waals surface area (Å²) in [4.78, 5) is 24.9. The quantitative estimate of drug-likeness (QED) is 0.328. The lowest BCUT2D eigenvalue weighted by atomic mass is 10.1. The molecule has 182 valence electrons. The molecule has 10 nitrogen and oxygen atoms in total. The van der Waals surface area contributed by atoms with Crippen molar-refractivity contribution in [3.8, 4) is 17.3 Å². The zero-order valence-corrected chi connectivity index (χ0v) is 19.5. The van der Waals surface area contributed by atoms with E-state index < -0.39 is 30.2 Å². The number of furan rings is 1. The van der Waals surface area contributed by atoms with E-state index in [4.69, 9.17) is 9.15 Å². The van der Waals surface area contributed by atoms with Gasteiger partial charge in [-0.15, -0.1) is 28.2 Å². The largest absolute Gasteiger partial charge is 0.573 e. The molecule has 4 aromatic rings. The van der Waals surface area contributed by atoms with Crippen LogP contribution in [0, 0.1) is 0 Å². The molecule has 0 aliphatic rings. The number of esters is 1. The molecular weight excluding hydrogens is 539 g/mol.